The topological polar surface area (TPSA) is 22.6 Å². The second-order valence-electron chi connectivity index (χ2n) is 6.74. The number of rotatable bonds is 5. The van der Waals surface area contributed by atoms with E-state index in [2.05, 4.69) is 56.1 Å². The fourth-order valence-electron chi connectivity index (χ4n) is 3.94. The first-order chi connectivity index (χ1) is 11.9. The second-order valence-corrected chi connectivity index (χ2v) is 6.74. The molecule has 1 fully saturated rings. The van der Waals surface area contributed by atoms with Gasteiger partial charge in [0.1, 0.15) is 0 Å². The molecule has 0 atom stereocenters. The van der Waals surface area contributed by atoms with Gasteiger partial charge in [-0.1, -0.05) is 12.1 Å². The highest BCUT2D eigenvalue weighted by Gasteiger charge is 2.23. The molecule has 126 valence electrons. The Balaban J connectivity index is 1.47. The highest BCUT2D eigenvalue weighted by Crippen LogP contribution is 2.37. The molecule has 0 saturated carbocycles. The van der Waals surface area contributed by atoms with E-state index in [0.29, 0.717) is 0 Å². The SMILES string of the molecule is c1ccc2c(c1)N(CCCN1CCCC1)CCN2c1ccncc1. The van der Waals surface area contributed by atoms with Gasteiger partial charge >= 0.3 is 0 Å². The van der Waals surface area contributed by atoms with Gasteiger partial charge in [-0.15, -0.1) is 0 Å². The average Bonchev–Trinajstić information content (AvgIpc) is 3.16. The van der Waals surface area contributed by atoms with Crippen molar-refractivity contribution in [3.8, 4) is 0 Å². The predicted octanol–water partition coefficient (Wildman–Crippen LogP) is 3.53. The normalized spacial score (nSPS) is 18.0. The van der Waals surface area contributed by atoms with E-state index < -0.39 is 0 Å². The summed E-state index contributed by atoms with van der Waals surface area (Å²) in [6.45, 7) is 7.10. The Labute approximate surface area is 144 Å². The molecule has 1 aromatic carbocycles. The first-order valence-corrected chi connectivity index (χ1v) is 9.16. The lowest BCUT2D eigenvalue weighted by Gasteiger charge is -2.39. The van der Waals surface area contributed by atoms with E-state index in [-0.39, 0.29) is 0 Å². The summed E-state index contributed by atoms with van der Waals surface area (Å²) in [6, 6.07) is 13.0. The fourth-order valence-corrected chi connectivity index (χ4v) is 3.94. The molecule has 4 heteroatoms. The standard InChI is InChI=1S/C20H26N4/c1-2-7-20-19(6-1)23(15-5-14-22-12-3-4-13-22)16-17-24(20)18-8-10-21-11-9-18/h1-2,6-11H,3-5,12-17H2. The van der Waals surface area contributed by atoms with Gasteiger partial charge in [-0.2, -0.15) is 0 Å². The maximum absolute atomic E-state index is 4.15. The van der Waals surface area contributed by atoms with Crippen molar-refractivity contribution in [3.05, 3.63) is 48.8 Å². The van der Waals surface area contributed by atoms with E-state index in [0.717, 1.165) is 19.6 Å². The number of para-hydroxylation sites is 2. The number of aromatic nitrogens is 1. The molecule has 0 spiro atoms. The van der Waals surface area contributed by atoms with E-state index in [1.165, 1.54) is 56.0 Å². The van der Waals surface area contributed by atoms with Crippen LogP contribution in [0.15, 0.2) is 48.8 Å². The van der Waals surface area contributed by atoms with Crippen molar-refractivity contribution in [1.82, 2.24) is 9.88 Å². The molecular formula is C20H26N4. The van der Waals surface area contributed by atoms with Crippen LogP contribution in [0.25, 0.3) is 0 Å². The summed E-state index contributed by atoms with van der Waals surface area (Å²) in [7, 11) is 0. The van der Waals surface area contributed by atoms with E-state index in [1.54, 1.807) is 0 Å². The summed E-state index contributed by atoms with van der Waals surface area (Å²) >= 11 is 0. The Bertz CT molecular complexity index is 652. The molecule has 0 aliphatic carbocycles. The first kappa shape index (κ1) is 15.5. The van der Waals surface area contributed by atoms with Gasteiger partial charge in [0.2, 0.25) is 0 Å². The van der Waals surface area contributed by atoms with Crippen LogP contribution in [0.5, 0.6) is 0 Å². The lowest BCUT2D eigenvalue weighted by atomic mass is 10.1. The largest absolute Gasteiger partial charge is 0.368 e. The number of hydrogen-bond donors (Lipinski definition) is 0. The zero-order valence-electron chi connectivity index (χ0n) is 14.3. The number of anilines is 3. The van der Waals surface area contributed by atoms with Crippen LogP contribution in [0.3, 0.4) is 0 Å². The summed E-state index contributed by atoms with van der Waals surface area (Å²) in [6.07, 6.45) is 7.77. The Hall–Kier alpha value is -2.07. The molecule has 1 saturated heterocycles. The third-order valence-corrected chi connectivity index (χ3v) is 5.18. The van der Waals surface area contributed by atoms with Crippen LogP contribution in [0, 0.1) is 0 Å². The molecule has 1 aromatic heterocycles. The smallest absolute Gasteiger partial charge is 0.0649 e. The number of fused-ring (bicyclic) bond motifs is 1. The van der Waals surface area contributed by atoms with Crippen LogP contribution in [0.1, 0.15) is 19.3 Å². The molecule has 24 heavy (non-hydrogen) atoms. The molecule has 0 unspecified atom stereocenters. The van der Waals surface area contributed by atoms with Crippen LogP contribution in [0.4, 0.5) is 17.1 Å². The lowest BCUT2D eigenvalue weighted by molar-refractivity contribution is 0.334. The lowest BCUT2D eigenvalue weighted by Crippen LogP contribution is -2.40. The Kier molecular flexibility index (Phi) is 4.65. The highest BCUT2D eigenvalue weighted by atomic mass is 15.3. The van der Waals surface area contributed by atoms with Gasteiger partial charge in [0.25, 0.3) is 0 Å². The number of nitrogens with zero attached hydrogens (tertiary/aromatic N) is 4. The van der Waals surface area contributed by atoms with Crippen molar-refractivity contribution in [1.29, 1.82) is 0 Å². The van der Waals surface area contributed by atoms with Crippen LogP contribution in [0.2, 0.25) is 0 Å². The van der Waals surface area contributed by atoms with Gasteiger partial charge in [-0.3, -0.25) is 4.98 Å². The van der Waals surface area contributed by atoms with E-state index in [1.807, 2.05) is 12.4 Å². The molecule has 2 aromatic rings. The predicted molar refractivity (Wildman–Crippen MR) is 100 cm³/mol. The third-order valence-electron chi connectivity index (χ3n) is 5.18. The van der Waals surface area contributed by atoms with E-state index >= 15 is 0 Å². The molecule has 0 radical (unpaired) electrons. The van der Waals surface area contributed by atoms with Crippen molar-refractivity contribution < 1.29 is 0 Å². The maximum atomic E-state index is 4.15. The summed E-state index contributed by atoms with van der Waals surface area (Å²) in [4.78, 5) is 11.7. The van der Waals surface area contributed by atoms with Gasteiger partial charge in [0, 0.05) is 37.7 Å². The minimum atomic E-state index is 1.03. The van der Waals surface area contributed by atoms with Crippen LogP contribution >= 0.6 is 0 Å². The van der Waals surface area contributed by atoms with Gasteiger partial charge in [-0.25, -0.2) is 0 Å². The summed E-state index contributed by atoms with van der Waals surface area (Å²) in [5.74, 6) is 0. The molecule has 2 aliphatic heterocycles. The fraction of sp³-hybridized carbons (Fsp3) is 0.450. The Morgan fingerprint density at radius 3 is 2.33 bits per heavy atom. The van der Waals surface area contributed by atoms with Crippen LogP contribution in [-0.2, 0) is 0 Å². The Morgan fingerprint density at radius 2 is 1.54 bits per heavy atom. The highest BCUT2D eigenvalue weighted by molar-refractivity contribution is 5.79. The molecule has 0 bridgehead atoms. The Morgan fingerprint density at radius 1 is 0.792 bits per heavy atom. The molecular weight excluding hydrogens is 296 g/mol. The quantitative estimate of drug-likeness (QED) is 0.840. The van der Waals surface area contributed by atoms with Crippen molar-refractivity contribution >= 4 is 17.1 Å². The zero-order chi connectivity index (χ0) is 16.2. The van der Waals surface area contributed by atoms with Gasteiger partial charge in [0.05, 0.1) is 11.4 Å². The summed E-state index contributed by atoms with van der Waals surface area (Å²) in [5, 5.41) is 0. The molecule has 4 nitrogen and oxygen atoms in total. The van der Waals surface area contributed by atoms with Crippen LogP contribution in [-0.4, -0.2) is 49.2 Å². The zero-order valence-corrected chi connectivity index (χ0v) is 14.3. The van der Waals surface area contributed by atoms with Gasteiger partial charge in [-0.05, 0) is 63.2 Å². The molecule has 2 aliphatic rings. The van der Waals surface area contributed by atoms with E-state index in [9.17, 15) is 0 Å². The monoisotopic (exact) mass is 322 g/mol. The molecule has 4 rings (SSSR count). The minimum Gasteiger partial charge on any atom is -0.368 e. The van der Waals surface area contributed by atoms with Crippen molar-refractivity contribution in [2.45, 2.75) is 19.3 Å². The van der Waals surface area contributed by atoms with Gasteiger partial charge in [0.15, 0.2) is 0 Å². The van der Waals surface area contributed by atoms with E-state index in [4.69, 9.17) is 0 Å². The van der Waals surface area contributed by atoms with Crippen molar-refractivity contribution in [2.75, 3.05) is 49.1 Å². The first-order valence-electron chi connectivity index (χ1n) is 9.16. The minimum absolute atomic E-state index is 1.03. The summed E-state index contributed by atoms with van der Waals surface area (Å²) < 4.78 is 0. The number of likely N-dealkylation sites (tertiary alicyclic amines) is 1. The third kappa shape index (κ3) is 3.24. The second kappa shape index (κ2) is 7.22. The summed E-state index contributed by atoms with van der Waals surface area (Å²) in [5.41, 5.74) is 3.91. The number of benzene rings is 1. The molecule has 0 amide bonds. The van der Waals surface area contributed by atoms with Crippen LogP contribution < -0.4 is 9.80 Å². The van der Waals surface area contributed by atoms with Crippen molar-refractivity contribution in [3.63, 3.8) is 0 Å². The molecule has 0 N–H and O–H groups in total. The maximum Gasteiger partial charge on any atom is 0.0649 e. The average molecular weight is 322 g/mol. The van der Waals surface area contributed by atoms with Crippen molar-refractivity contribution in [2.24, 2.45) is 0 Å². The number of hydrogen-bond acceptors (Lipinski definition) is 4. The number of pyridine rings is 1. The van der Waals surface area contributed by atoms with Gasteiger partial charge < -0.3 is 14.7 Å². The molecule has 3 heterocycles.